The zero-order chi connectivity index (χ0) is 16.7. The number of ether oxygens (including phenoxy) is 2. The average molecular weight is 391 g/mol. The van der Waals surface area contributed by atoms with Crippen molar-refractivity contribution in [2.75, 3.05) is 13.2 Å². The molecule has 0 unspecified atom stereocenters. The molecule has 2 aromatic rings. The van der Waals surface area contributed by atoms with Crippen LogP contribution in [-0.2, 0) is 17.9 Å². The molecule has 0 bridgehead atoms. The van der Waals surface area contributed by atoms with Gasteiger partial charge in [0, 0.05) is 18.0 Å². The molecule has 0 aliphatic heterocycles. The minimum Gasteiger partial charge on any atom is -0.490 e. The number of halogens is 2. The number of benzene rings is 1. The zero-order valence-electron chi connectivity index (χ0n) is 13.2. The van der Waals surface area contributed by atoms with Gasteiger partial charge in [0.15, 0.2) is 18.1 Å². The van der Waals surface area contributed by atoms with Crippen molar-refractivity contribution in [2.24, 2.45) is 5.73 Å². The van der Waals surface area contributed by atoms with Gasteiger partial charge < -0.3 is 20.5 Å². The van der Waals surface area contributed by atoms with Crippen molar-refractivity contribution in [3.8, 4) is 11.5 Å². The number of nitrogens with one attached hydrogen (secondary N) is 1. The number of hydrogen-bond acceptors (Lipinski definition) is 5. The summed E-state index contributed by atoms with van der Waals surface area (Å²) in [4.78, 5) is 12.1. The summed E-state index contributed by atoms with van der Waals surface area (Å²) in [5.74, 6) is 0.286. The van der Waals surface area contributed by atoms with Gasteiger partial charge in [0.05, 0.1) is 11.6 Å². The highest BCUT2D eigenvalue weighted by molar-refractivity contribution is 7.09. The highest BCUT2D eigenvalue weighted by Crippen LogP contribution is 2.36. The van der Waals surface area contributed by atoms with E-state index in [1.54, 1.807) is 17.4 Å². The average Bonchev–Trinajstić information content (AvgIpc) is 3.00. The fraction of sp³-hybridized carbons (Fsp3) is 0.312. The second-order valence-corrected chi connectivity index (χ2v) is 6.22. The Bertz CT molecular complexity index is 651. The molecule has 1 aromatic heterocycles. The highest BCUT2D eigenvalue weighted by atomic mass is 35.5. The maximum Gasteiger partial charge on any atom is 0.255 e. The second kappa shape index (κ2) is 10.4. The molecule has 132 valence electrons. The molecule has 1 aromatic carbocycles. The first-order valence-electron chi connectivity index (χ1n) is 7.19. The lowest BCUT2D eigenvalue weighted by molar-refractivity contribution is -0.119. The van der Waals surface area contributed by atoms with E-state index in [1.807, 2.05) is 24.4 Å². The zero-order valence-corrected chi connectivity index (χ0v) is 15.6. The van der Waals surface area contributed by atoms with Gasteiger partial charge >= 0.3 is 0 Å². The van der Waals surface area contributed by atoms with Gasteiger partial charge in [0.25, 0.3) is 5.91 Å². The quantitative estimate of drug-likeness (QED) is 0.688. The normalized spacial score (nSPS) is 10.1. The van der Waals surface area contributed by atoms with E-state index in [0.717, 1.165) is 12.1 Å². The number of amides is 1. The Morgan fingerprint density at radius 3 is 2.75 bits per heavy atom. The summed E-state index contributed by atoms with van der Waals surface area (Å²) in [6.07, 6.45) is 0. The van der Waals surface area contributed by atoms with Crippen molar-refractivity contribution in [3.05, 3.63) is 45.1 Å². The van der Waals surface area contributed by atoms with Crippen LogP contribution >= 0.6 is 35.3 Å². The molecule has 0 aliphatic carbocycles. The van der Waals surface area contributed by atoms with Crippen molar-refractivity contribution >= 4 is 41.3 Å². The first-order valence-corrected chi connectivity index (χ1v) is 8.45. The fourth-order valence-corrected chi connectivity index (χ4v) is 2.98. The Hall–Kier alpha value is -1.47. The lowest BCUT2D eigenvalue weighted by Crippen LogP contribution is -2.20. The molecule has 8 heteroatoms. The SMILES string of the molecule is CCOc1cc(CNCc2cccs2)cc(Cl)c1OCC(N)=O.Cl. The number of thiophene rings is 1. The van der Waals surface area contributed by atoms with E-state index >= 15 is 0 Å². The van der Waals surface area contributed by atoms with Gasteiger partial charge in [0.2, 0.25) is 0 Å². The summed E-state index contributed by atoms with van der Waals surface area (Å²) in [6.45, 7) is 3.53. The molecule has 2 rings (SSSR count). The molecule has 0 atom stereocenters. The molecule has 0 spiro atoms. The molecule has 0 saturated carbocycles. The summed E-state index contributed by atoms with van der Waals surface area (Å²) in [7, 11) is 0. The topological polar surface area (TPSA) is 73.6 Å². The lowest BCUT2D eigenvalue weighted by Gasteiger charge is -2.14. The number of nitrogens with two attached hydrogens (primary N) is 1. The monoisotopic (exact) mass is 390 g/mol. The standard InChI is InChI=1S/C16H19ClN2O3S.ClH/c1-2-21-14-7-11(8-19-9-12-4-3-5-23-12)6-13(17)16(14)22-10-15(18)20;/h3-7,19H,2,8-10H2,1H3,(H2,18,20);1H. The third kappa shape index (κ3) is 6.20. The predicted octanol–water partition coefficient (Wildman–Crippen LogP) is 3.38. The molecule has 3 N–H and O–H groups in total. The van der Waals surface area contributed by atoms with E-state index in [2.05, 4.69) is 11.4 Å². The third-order valence-electron chi connectivity index (χ3n) is 2.94. The van der Waals surface area contributed by atoms with Crippen LogP contribution in [0, 0.1) is 0 Å². The molecule has 0 saturated heterocycles. The summed E-state index contributed by atoms with van der Waals surface area (Å²) in [5.41, 5.74) is 6.07. The van der Waals surface area contributed by atoms with Crippen LogP contribution in [0.3, 0.4) is 0 Å². The van der Waals surface area contributed by atoms with Crippen molar-refractivity contribution in [2.45, 2.75) is 20.0 Å². The van der Waals surface area contributed by atoms with Crippen LogP contribution in [0.2, 0.25) is 5.02 Å². The maximum atomic E-state index is 10.9. The van der Waals surface area contributed by atoms with Crippen LogP contribution in [0.5, 0.6) is 11.5 Å². The number of primary amides is 1. The Balaban J connectivity index is 0.00000288. The Labute approximate surface area is 156 Å². The van der Waals surface area contributed by atoms with Crippen molar-refractivity contribution in [1.82, 2.24) is 5.32 Å². The first kappa shape index (κ1) is 20.6. The van der Waals surface area contributed by atoms with Gasteiger partial charge in [-0.15, -0.1) is 23.7 Å². The van der Waals surface area contributed by atoms with Crippen LogP contribution in [0.1, 0.15) is 17.4 Å². The predicted molar refractivity (Wildman–Crippen MR) is 99.4 cm³/mol. The van der Waals surface area contributed by atoms with E-state index in [4.69, 9.17) is 26.8 Å². The van der Waals surface area contributed by atoms with E-state index in [9.17, 15) is 4.79 Å². The highest BCUT2D eigenvalue weighted by Gasteiger charge is 2.13. The molecular formula is C16H20Cl2N2O3S. The van der Waals surface area contributed by atoms with Gasteiger partial charge in [0.1, 0.15) is 0 Å². The third-order valence-corrected chi connectivity index (χ3v) is 4.09. The van der Waals surface area contributed by atoms with Crippen LogP contribution in [0.4, 0.5) is 0 Å². The number of rotatable bonds is 9. The smallest absolute Gasteiger partial charge is 0.255 e. The summed E-state index contributed by atoms with van der Waals surface area (Å²) in [5, 5.41) is 5.79. The van der Waals surface area contributed by atoms with Crippen LogP contribution in [-0.4, -0.2) is 19.1 Å². The van der Waals surface area contributed by atoms with Gasteiger partial charge in [-0.05, 0) is 36.1 Å². The van der Waals surface area contributed by atoms with E-state index in [-0.39, 0.29) is 19.0 Å². The van der Waals surface area contributed by atoms with Gasteiger partial charge in [-0.1, -0.05) is 17.7 Å². The largest absolute Gasteiger partial charge is 0.490 e. The molecule has 24 heavy (non-hydrogen) atoms. The molecule has 0 fully saturated rings. The van der Waals surface area contributed by atoms with Crippen LogP contribution in [0.25, 0.3) is 0 Å². The molecule has 1 heterocycles. The van der Waals surface area contributed by atoms with E-state index in [1.165, 1.54) is 4.88 Å². The number of hydrogen-bond donors (Lipinski definition) is 2. The molecular weight excluding hydrogens is 371 g/mol. The lowest BCUT2D eigenvalue weighted by atomic mass is 10.2. The molecule has 1 amide bonds. The molecule has 5 nitrogen and oxygen atoms in total. The van der Waals surface area contributed by atoms with Crippen molar-refractivity contribution < 1.29 is 14.3 Å². The molecule has 0 radical (unpaired) electrons. The summed E-state index contributed by atoms with van der Waals surface area (Å²) >= 11 is 7.96. The van der Waals surface area contributed by atoms with Crippen molar-refractivity contribution in [1.29, 1.82) is 0 Å². The van der Waals surface area contributed by atoms with Gasteiger partial charge in [-0.2, -0.15) is 0 Å². The summed E-state index contributed by atoms with van der Waals surface area (Å²) in [6, 6.07) is 7.75. The Kier molecular flexibility index (Phi) is 8.92. The van der Waals surface area contributed by atoms with Crippen LogP contribution in [0.15, 0.2) is 29.6 Å². The second-order valence-electron chi connectivity index (χ2n) is 4.78. The van der Waals surface area contributed by atoms with Crippen molar-refractivity contribution in [3.63, 3.8) is 0 Å². The van der Waals surface area contributed by atoms with E-state index < -0.39 is 5.91 Å². The van der Waals surface area contributed by atoms with Gasteiger partial charge in [-0.25, -0.2) is 0 Å². The fourth-order valence-electron chi connectivity index (χ4n) is 2.01. The first-order chi connectivity index (χ1) is 11.1. The van der Waals surface area contributed by atoms with Gasteiger partial charge in [-0.3, -0.25) is 4.79 Å². The van der Waals surface area contributed by atoms with E-state index in [0.29, 0.717) is 29.7 Å². The number of carbonyl (C=O) groups excluding carboxylic acids is 1. The number of carbonyl (C=O) groups is 1. The minimum absolute atomic E-state index is 0. The van der Waals surface area contributed by atoms with Crippen LogP contribution < -0.4 is 20.5 Å². The Morgan fingerprint density at radius 1 is 1.33 bits per heavy atom. The minimum atomic E-state index is -0.565. The summed E-state index contributed by atoms with van der Waals surface area (Å²) < 4.78 is 10.9. The Morgan fingerprint density at radius 2 is 2.12 bits per heavy atom. The molecule has 0 aliphatic rings. The maximum absolute atomic E-state index is 10.9.